The number of rotatable bonds is 4. The van der Waals surface area contributed by atoms with E-state index in [0.29, 0.717) is 0 Å². The van der Waals surface area contributed by atoms with Gasteiger partial charge in [-0.2, -0.15) is 0 Å². The molecule has 0 saturated carbocycles. The Bertz CT molecular complexity index is 1360. The van der Waals surface area contributed by atoms with Crippen LogP contribution in [0.4, 0.5) is 9.18 Å². The summed E-state index contributed by atoms with van der Waals surface area (Å²) in [4.78, 5) is 30.1. The minimum Gasteiger partial charge on any atom is -0.444 e. The van der Waals surface area contributed by atoms with Crippen LogP contribution < -0.4 is 10.9 Å². The fourth-order valence-electron chi connectivity index (χ4n) is 3.23. The molecule has 3 aromatic rings. The summed E-state index contributed by atoms with van der Waals surface area (Å²) in [5, 5.41) is 2.43. The minimum absolute atomic E-state index is 0.0177. The van der Waals surface area contributed by atoms with Crippen molar-refractivity contribution in [3.8, 4) is 5.69 Å². The van der Waals surface area contributed by atoms with E-state index in [-0.39, 0.29) is 27.3 Å². The quantitative estimate of drug-likeness (QED) is 0.637. The lowest BCUT2D eigenvalue weighted by Gasteiger charge is -2.23. The standard InChI is InChI=1S/C22H24FN3O5S/c1-13(24-21(28)31-22(2,3)4)19-25-15-10-8-12-17(32(5,29)30)18(15)20(27)26(19)16-11-7-6-9-14(16)23/h6-13H,1-5H3,(H,24,28)/t13-/m0/s1. The number of nitrogens with one attached hydrogen (secondary N) is 1. The van der Waals surface area contributed by atoms with Crippen molar-refractivity contribution in [1.82, 2.24) is 14.9 Å². The van der Waals surface area contributed by atoms with Gasteiger partial charge in [0.25, 0.3) is 5.56 Å². The molecular formula is C22H24FN3O5S. The molecule has 1 aromatic heterocycles. The van der Waals surface area contributed by atoms with Crippen molar-refractivity contribution in [3.63, 3.8) is 0 Å². The third-order valence-electron chi connectivity index (χ3n) is 4.50. The van der Waals surface area contributed by atoms with E-state index in [1.54, 1.807) is 27.7 Å². The van der Waals surface area contributed by atoms with E-state index in [0.717, 1.165) is 10.8 Å². The minimum atomic E-state index is -3.77. The lowest BCUT2D eigenvalue weighted by molar-refractivity contribution is 0.0505. The molecule has 1 amide bonds. The number of nitrogens with zero attached hydrogens (tertiary/aromatic N) is 2. The van der Waals surface area contributed by atoms with Crippen molar-refractivity contribution >= 4 is 26.8 Å². The van der Waals surface area contributed by atoms with E-state index in [2.05, 4.69) is 10.3 Å². The van der Waals surface area contributed by atoms with Gasteiger partial charge in [-0.05, 0) is 52.0 Å². The van der Waals surface area contributed by atoms with Gasteiger partial charge in [0, 0.05) is 6.26 Å². The highest BCUT2D eigenvalue weighted by atomic mass is 32.2. The Hall–Kier alpha value is -3.27. The van der Waals surface area contributed by atoms with Crippen LogP contribution >= 0.6 is 0 Å². The number of hydrogen-bond donors (Lipinski definition) is 1. The molecule has 0 spiro atoms. The summed E-state index contributed by atoms with van der Waals surface area (Å²) in [5.41, 5.74) is -1.54. The topological polar surface area (TPSA) is 107 Å². The molecule has 0 unspecified atom stereocenters. The number of carbonyl (C=O) groups is 1. The number of sulfone groups is 1. The van der Waals surface area contributed by atoms with Crippen LogP contribution in [0.2, 0.25) is 0 Å². The van der Waals surface area contributed by atoms with Crippen LogP contribution in [0.1, 0.15) is 39.6 Å². The third kappa shape index (κ3) is 4.80. The van der Waals surface area contributed by atoms with Crippen molar-refractivity contribution in [2.45, 2.75) is 44.2 Å². The third-order valence-corrected chi connectivity index (χ3v) is 5.64. The van der Waals surface area contributed by atoms with Gasteiger partial charge in [-0.3, -0.25) is 9.36 Å². The first-order valence-electron chi connectivity index (χ1n) is 9.80. The summed E-state index contributed by atoms with van der Waals surface area (Å²) in [7, 11) is -3.77. The SMILES string of the molecule is C[C@H](NC(=O)OC(C)(C)C)c1nc2cccc(S(C)(=O)=O)c2c(=O)n1-c1ccccc1F. The molecule has 0 saturated heterocycles. The molecule has 0 bridgehead atoms. The second-order valence-electron chi connectivity index (χ2n) is 8.35. The monoisotopic (exact) mass is 461 g/mol. The maximum atomic E-state index is 14.7. The molecule has 32 heavy (non-hydrogen) atoms. The summed E-state index contributed by atoms with van der Waals surface area (Å²) in [6, 6.07) is 8.92. The number of alkyl carbamates (subject to hydrolysis) is 1. The molecule has 3 rings (SSSR count). The molecule has 0 aliphatic heterocycles. The van der Waals surface area contributed by atoms with Gasteiger partial charge in [-0.1, -0.05) is 18.2 Å². The highest BCUT2D eigenvalue weighted by molar-refractivity contribution is 7.91. The van der Waals surface area contributed by atoms with Crippen LogP contribution in [0.3, 0.4) is 0 Å². The average Bonchev–Trinajstić information content (AvgIpc) is 2.66. The fraction of sp³-hybridized carbons (Fsp3) is 0.318. The zero-order chi connectivity index (χ0) is 23.8. The highest BCUT2D eigenvalue weighted by Crippen LogP contribution is 2.24. The molecule has 0 aliphatic carbocycles. The van der Waals surface area contributed by atoms with Crippen LogP contribution in [0.15, 0.2) is 52.2 Å². The second-order valence-corrected chi connectivity index (χ2v) is 10.3. The zero-order valence-electron chi connectivity index (χ0n) is 18.3. The van der Waals surface area contributed by atoms with E-state index >= 15 is 0 Å². The van der Waals surface area contributed by atoms with Gasteiger partial charge in [0.1, 0.15) is 17.2 Å². The Morgan fingerprint density at radius 1 is 1.16 bits per heavy atom. The molecule has 0 aliphatic rings. The Balaban J connectivity index is 2.31. The number of amides is 1. The number of benzene rings is 2. The van der Waals surface area contributed by atoms with Crippen LogP contribution in [-0.4, -0.2) is 35.9 Å². The van der Waals surface area contributed by atoms with Gasteiger partial charge in [0.05, 0.1) is 27.5 Å². The molecule has 1 heterocycles. The maximum absolute atomic E-state index is 14.7. The largest absolute Gasteiger partial charge is 0.444 e. The van der Waals surface area contributed by atoms with Gasteiger partial charge >= 0.3 is 6.09 Å². The Morgan fingerprint density at radius 3 is 2.41 bits per heavy atom. The zero-order valence-corrected chi connectivity index (χ0v) is 19.2. The van der Waals surface area contributed by atoms with Gasteiger partial charge < -0.3 is 10.1 Å². The molecule has 1 atom stereocenters. The predicted octanol–water partition coefficient (Wildman–Crippen LogP) is 3.51. The molecule has 0 radical (unpaired) electrons. The summed E-state index contributed by atoms with van der Waals surface area (Å²) < 4.78 is 45.5. The lowest BCUT2D eigenvalue weighted by atomic mass is 10.2. The number of para-hydroxylation sites is 1. The van der Waals surface area contributed by atoms with Crippen LogP contribution in [0.5, 0.6) is 0 Å². The van der Waals surface area contributed by atoms with Crippen LogP contribution in [-0.2, 0) is 14.6 Å². The van der Waals surface area contributed by atoms with Crippen molar-refractivity contribution in [2.75, 3.05) is 6.26 Å². The molecule has 10 heteroatoms. The Labute approximate surface area is 185 Å². The lowest BCUT2D eigenvalue weighted by Crippen LogP contribution is -2.37. The van der Waals surface area contributed by atoms with Gasteiger partial charge in [0.2, 0.25) is 0 Å². The van der Waals surface area contributed by atoms with Crippen molar-refractivity contribution in [1.29, 1.82) is 0 Å². The maximum Gasteiger partial charge on any atom is 0.408 e. The predicted molar refractivity (Wildman–Crippen MR) is 118 cm³/mol. The fourth-order valence-corrected chi connectivity index (χ4v) is 4.12. The van der Waals surface area contributed by atoms with Gasteiger partial charge in [-0.25, -0.2) is 22.6 Å². The first-order valence-corrected chi connectivity index (χ1v) is 11.7. The molecule has 8 nitrogen and oxygen atoms in total. The molecule has 0 fully saturated rings. The molecular weight excluding hydrogens is 437 g/mol. The smallest absolute Gasteiger partial charge is 0.408 e. The number of halogens is 1. The van der Waals surface area contributed by atoms with E-state index in [9.17, 15) is 22.4 Å². The summed E-state index contributed by atoms with van der Waals surface area (Å²) in [6.45, 7) is 6.67. The Kier molecular flexibility index (Phi) is 6.10. The molecule has 1 N–H and O–H groups in total. The first kappa shape index (κ1) is 23.4. The number of hydrogen-bond acceptors (Lipinski definition) is 6. The highest BCUT2D eigenvalue weighted by Gasteiger charge is 2.25. The van der Waals surface area contributed by atoms with Crippen molar-refractivity contribution < 1.29 is 22.3 Å². The number of carbonyl (C=O) groups excluding carboxylic acids is 1. The van der Waals surface area contributed by atoms with Crippen molar-refractivity contribution in [3.05, 3.63) is 64.5 Å². The first-order chi connectivity index (χ1) is 14.8. The summed E-state index contributed by atoms with van der Waals surface area (Å²) in [5.74, 6) is -0.692. The van der Waals surface area contributed by atoms with E-state index in [1.165, 1.54) is 42.5 Å². The summed E-state index contributed by atoms with van der Waals surface area (Å²) in [6.07, 6.45) is 0.235. The van der Waals surface area contributed by atoms with Crippen LogP contribution in [0, 0.1) is 5.82 Å². The number of aromatic nitrogens is 2. The van der Waals surface area contributed by atoms with Crippen molar-refractivity contribution in [2.24, 2.45) is 0 Å². The summed E-state index contributed by atoms with van der Waals surface area (Å²) >= 11 is 0. The van der Waals surface area contributed by atoms with E-state index < -0.39 is 38.9 Å². The Morgan fingerprint density at radius 2 is 1.81 bits per heavy atom. The molecule has 2 aromatic carbocycles. The van der Waals surface area contributed by atoms with Crippen LogP contribution in [0.25, 0.3) is 16.6 Å². The second kappa shape index (κ2) is 8.34. The number of ether oxygens (including phenoxy) is 1. The normalized spacial score (nSPS) is 13.1. The molecule has 170 valence electrons. The van der Waals surface area contributed by atoms with Gasteiger partial charge in [-0.15, -0.1) is 0 Å². The average molecular weight is 462 g/mol. The van der Waals surface area contributed by atoms with Gasteiger partial charge in [0.15, 0.2) is 9.84 Å². The number of fused-ring (bicyclic) bond motifs is 1. The van der Waals surface area contributed by atoms with E-state index in [1.807, 2.05) is 0 Å². The van der Waals surface area contributed by atoms with E-state index in [4.69, 9.17) is 4.74 Å².